The molecule has 7 heteroatoms. The van der Waals surface area contributed by atoms with Crippen molar-refractivity contribution < 1.29 is 4.79 Å². The molecular formula is C25H22ClN5O. The van der Waals surface area contributed by atoms with Gasteiger partial charge >= 0.3 is 0 Å². The Labute approximate surface area is 190 Å². The van der Waals surface area contributed by atoms with E-state index in [2.05, 4.69) is 45.8 Å². The van der Waals surface area contributed by atoms with E-state index in [1.54, 1.807) is 18.5 Å². The lowest BCUT2D eigenvalue weighted by molar-refractivity contribution is 0.0944. The van der Waals surface area contributed by atoms with Crippen molar-refractivity contribution in [1.82, 2.24) is 24.4 Å². The van der Waals surface area contributed by atoms with Crippen molar-refractivity contribution in [2.24, 2.45) is 0 Å². The Balaban J connectivity index is 1.67. The van der Waals surface area contributed by atoms with E-state index in [4.69, 9.17) is 11.6 Å². The van der Waals surface area contributed by atoms with Crippen molar-refractivity contribution in [1.29, 1.82) is 0 Å². The predicted molar refractivity (Wildman–Crippen MR) is 127 cm³/mol. The zero-order chi connectivity index (χ0) is 22.2. The van der Waals surface area contributed by atoms with Gasteiger partial charge < -0.3 is 9.88 Å². The van der Waals surface area contributed by atoms with Gasteiger partial charge in [0.15, 0.2) is 0 Å². The molecule has 0 aliphatic heterocycles. The van der Waals surface area contributed by atoms with Gasteiger partial charge in [-0.2, -0.15) is 0 Å². The summed E-state index contributed by atoms with van der Waals surface area (Å²) in [4.78, 5) is 22.2. The van der Waals surface area contributed by atoms with Crippen LogP contribution in [0, 0.1) is 0 Å². The zero-order valence-corrected chi connectivity index (χ0v) is 18.5. The van der Waals surface area contributed by atoms with Crippen LogP contribution in [0.4, 0.5) is 0 Å². The van der Waals surface area contributed by atoms with Crippen LogP contribution in [0.5, 0.6) is 0 Å². The quantitative estimate of drug-likeness (QED) is 0.388. The first-order valence-corrected chi connectivity index (χ1v) is 10.9. The van der Waals surface area contributed by atoms with E-state index in [1.165, 1.54) is 0 Å². The number of nitrogens with one attached hydrogen (secondary N) is 1. The minimum absolute atomic E-state index is 0.192. The summed E-state index contributed by atoms with van der Waals surface area (Å²) in [6.07, 6.45) is 3.37. The summed E-state index contributed by atoms with van der Waals surface area (Å²) in [5.74, 6) is 0.272. The SMILES string of the molecule is CC(C)n1c2ccccc2c2c1cc(C(=O)NCc1ccc(Cl)cc1)n2-c1ncccn1. The van der Waals surface area contributed by atoms with Crippen molar-refractivity contribution in [2.45, 2.75) is 26.4 Å². The van der Waals surface area contributed by atoms with Crippen LogP contribution in [-0.2, 0) is 6.54 Å². The number of rotatable bonds is 5. The first-order chi connectivity index (χ1) is 15.5. The van der Waals surface area contributed by atoms with Crippen molar-refractivity contribution in [2.75, 3.05) is 0 Å². The number of carbonyl (C=O) groups is 1. The summed E-state index contributed by atoms with van der Waals surface area (Å²) in [6, 6.07) is 19.6. The standard InChI is InChI=1S/C25H22ClN5O/c1-16(2)30-20-7-4-3-6-19(20)23-21(30)14-22(31(23)25-27-12-5-13-28-25)24(32)29-15-17-8-10-18(26)11-9-17/h3-14,16H,15H2,1-2H3,(H,29,32). The van der Waals surface area contributed by atoms with E-state index < -0.39 is 0 Å². The molecule has 0 aliphatic carbocycles. The summed E-state index contributed by atoms with van der Waals surface area (Å²) in [5, 5.41) is 4.75. The second-order valence-corrected chi connectivity index (χ2v) is 8.37. The van der Waals surface area contributed by atoms with Crippen LogP contribution in [0.3, 0.4) is 0 Å². The lowest BCUT2D eigenvalue weighted by Crippen LogP contribution is -2.25. The summed E-state index contributed by atoms with van der Waals surface area (Å²) in [6.45, 7) is 4.68. The van der Waals surface area contributed by atoms with Gasteiger partial charge in [-0.25, -0.2) is 9.97 Å². The Kier molecular flexibility index (Phi) is 5.15. The maximum atomic E-state index is 13.3. The van der Waals surface area contributed by atoms with E-state index in [9.17, 15) is 4.79 Å². The average Bonchev–Trinajstić information content (AvgIpc) is 3.34. The molecule has 5 aromatic rings. The van der Waals surface area contributed by atoms with Crippen LogP contribution >= 0.6 is 11.6 Å². The molecular weight excluding hydrogens is 422 g/mol. The normalized spacial score (nSPS) is 11.5. The third-order valence-corrected chi connectivity index (χ3v) is 5.78. The van der Waals surface area contributed by atoms with Gasteiger partial charge in [0.1, 0.15) is 5.69 Å². The number of aromatic nitrogens is 4. The Morgan fingerprint density at radius 3 is 2.44 bits per heavy atom. The number of benzene rings is 2. The molecule has 0 bridgehead atoms. The monoisotopic (exact) mass is 443 g/mol. The van der Waals surface area contributed by atoms with Crippen LogP contribution < -0.4 is 5.32 Å². The number of hydrogen-bond acceptors (Lipinski definition) is 3. The lowest BCUT2D eigenvalue weighted by atomic mass is 10.2. The van der Waals surface area contributed by atoms with Crippen LogP contribution in [0.2, 0.25) is 5.02 Å². The van der Waals surface area contributed by atoms with Gasteiger partial charge in [0.2, 0.25) is 5.95 Å². The smallest absolute Gasteiger partial charge is 0.268 e. The number of para-hydroxylation sites is 1. The number of amides is 1. The summed E-state index contributed by atoms with van der Waals surface area (Å²) < 4.78 is 4.10. The van der Waals surface area contributed by atoms with Crippen LogP contribution in [0.15, 0.2) is 73.1 Å². The highest BCUT2D eigenvalue weighted by Gasteiger charge is 2.24. The molecule has 1 amide bonds. The summed E-state index contributed by atoms with van der Waals surface area (Å²) in [5.41, 5.74) is 4.49. The molecule has 0 aliphatic rings. The molecule has 0 atom stereocenters. The second kappa shape index (κ2) is 8.13. The van der Waals surface area contributed by atoms with Gasteiger partial charge in [-0.3, -0.25) is 9.36 Å². The number of carbonyl (C=O) groups excluding carboxylic acids is 1. The molecule has 0 spiro atoms. The molecule has 6 nitrogen and oxygen atoms in total. The highest BCUT2D eigenvalue weighted by Crippen LogP contribution is 2.35. The summed E-state index contributed by atoms with van der Waals surface area (Å²) >= 11 is 5.97. The largest absolute Gasteiger partial charge is 0.347 e. The second-order valence-electron chi connectivity index (χ2n) is 7.94. The third-order valence-electron chi connectivity index (χ3n) is 5.53. The maximum Gasteiger partial charge on any atom is 0.268 e. The third kappa shape index (κ3) is 3.42. The topological polar surface area (TPSA) is 64.7 Å². The van der Waals surface area contributed by atoms with Gasteiger partial charge in [0.05, 0.1) is 16.6 Å². The van der Waals surface area contributed by atoms with Crippen LogP contribution in [-0.4, -0.2) is 25.0 Å². The molecule has 3 heterocycles. The number of nitrogens with zero attached hydrogens (tertiary/aromatic N) is 4. The van der Waals surface area contributed by atoms with E-state index in [1.807, 2.05) is 47.0 Å². The number of hydrogen-bond donors (Lipinski definition) is 1. The Morgan fingerprint density at radius 1 is 1.00 bits per heavy atom. The fourth-order valence-electron chi connectivity index (χ4n) is 4.17. The minimum atomic E-state index is -0.192. The number of halogens is 1. The Hall–Kier alpha value is -3.64. The van der Waals surface area contributed by atoms with Crippen LogP contribution in [0.1, 0.15) is 35.9 Å². The van der Waals surface area contributed by atoms with E-state index in [0.717, 1.165) is 27.5 Å². The van der Waals surface area contributed by atoms with Crippen LogP contribution in [0.25, 0.3) is 27.9 Å². The molecule has 2 aromatic carbocycles. The lowest BCUT2D eigenvalue weighted by Gasteiger charge is -2.11. The zero-order valence-electron chi connectivity index (χ0n) is 17.8. The van der Waals surface area contributed by atoms with Crippen molar-refractivity contribution in [3.8, 4) is 5.95 Å². The molecule has 5 rings (SSSR count). The Bertz CT molecular complexity index is 1420. The highest BCUT2D eigenvalue weighted by atomic mass is 35.5. The van der Waals surface area contributed by atoms with E-state index in [-0.39, 0.29) is 11.9 Å². The maximum absolute atomic E-state index is 13.3. The van der Waals surface area contributed by atoms with E-state index in [0.29, 0.717) is 23.2 Å². The highest BCUT2D eigenvalue weighted by molar-refractivity contribution is 6.30. The average molecular weight is 444 g/mol. The van der Waals surface area contributed by atoms with Gasteiger partial charge in [-0.1, -0.05) is 41.9 Å². The Morgan fingerprint density at radius 2 is 1.72 bits per heavy atom. The molecule has 1 N–H and O–H groups in total. The summed E-state index contributed by atoms with van der Waals surface area (Å²) in [7, 11) is 0. The molecule has 0 saturated carbocycles. The first kappa shape index (κ1) is 20.3. The molecule has 3 aromatic heterocycles. The molecule has 160 valence electrons. The van der Waals surface area contributed by atoms with Gasteiger partial charge in [0, 0.05) is 35.4 Å². The minimum Gasteiger partial charge on any atom is -0.347 e. The molecule has 0 radical (unpaired) electrons. The van der Waals surface area contributed by atoms with Crippen molar-refractivity contribution in [3.63, 3.8) is 0 Å². The predicted octanol–water partition coefficient (Wildman–Crippen LogP) is 5.54. The van der Waals surface area contributed by atoms with Gasteiger partial charge in [0.25, 0.3) is 5.91 Å². The molecule has 0 unspecified atom stereocenters. The number of fused-ring (bicyclic) bond motifs is 3. The van der Waals surface area contributed by atoms with Crippen molar-refractivity contribution >= 4 is 39.4 Å². The fourth-order valence-corrected chi connectivity index (χ4v) is 4.29. The molecule has 0 saturated heterocycles. The fraction of sp³-hybridized carbons (Fsp3) is 0.160. The molecule has 0 fully saturated rings. The molecule has 32 heavy (non-hydrogen) atoms. The van der Waals surface area contributed by atoms with Crippen molar-refractivity contribution in [3.05, 3.63) is 89.3 Å². The first-order valence-electron chi connectivity index (χ1n) is 10.5. The van der Waals surface area contributed by atoms with E-state index >= 15 is 0 Å². The van der Waals surface area contributed by atoms with Gasteiger partial charge in [-0.15, -0.1) is 0 Å². The van der Waals surface area contributed by atoms with Gasteiger partial charge in [-0.05, 0) is 49.7 Å².